The normalized spacial score (nSPS) is 58.8. The van der Waals surface area contributed by atoms with Gasteiger partial charge >= 0.3 is 0 Å². The van der Waals surface area contributed by atoms with Gasteiger partial charge in [0, 0.05) is 18.8 Å². The molecule has 9 fully saturated rings. The fraction of sp³-hybridized carbons (Fsp3) is 0.953. The van der Waals surface area contributed by atoms with E-state index >= 15 is 0 Å². The third-order valence-corrected chi connectivity index (χ3v) is 17.3. The van der Waals surface area contributed by atoms with Crippen molar-refractivity contribution in [3.63, 3.8) is 0 Å². The van der Waals surface area contributed by atoms with Gasteiger partial charge in [0.1, 0.15) is 54.9 Å². The van der Waals surface area contributed by atoms with E-state index in [-0.39, 0.29) is 47.9 Å². The summed E-state index contributed by atoms with van der Waals surface area (Å²) < 4.78 is 50.6. The second-order valence-corrected chi connectivity index (χ2v) is 20.3. The summed E-state index contributed by atoms with van der Waals surface area (Å²) >= 11 is 0. The van der Waals surface area contributed by atoms with Crippen LogP contribution in [0.4, 0.5) is 0 Å². The van der Waals surface area contributed by atoms with E-state index in [2.05, 4.69) is 27.4 Å². The van der Waals surface area contributed by atoms with Gasteiger partial charge in [0.2, 0.25) is 0 Å². The van der Waals surface area contributed by atoms with Crippen molar-refractivity contribution in [3.8, 4) is 0 Å². The Morgan fingerprint density at radius 3 is 2.15 bits per heavy atom. The quantitative estimate of drug-likeness (QED) is 0.170. The number of aliphatic hydroxyl groups is 8. The van der Waals surface area contributed by atoms with Crippen LogP contribution in [0.25, 0.3) is 0 Å². The van der Waals surface area contributed by atoms with Gasteiger partial charge in [0.25, 0.3) is 0 Å². The zero-order chi connectivity index (χ0) is 41.9. The van der Waals surface area contributed by atoms with Crippen molar-refractivity contribution in [3.05, 3.63) is 12.2 Å². The first-order valence-electron chi connectivity index (χ1n) is 22.2. The molecule has 0 amide bonds. The van der Waals surface area contributed by atoms with E-state index < -0.39 is 97.9 Å². The predicted molar refractivity (Wildman–Crippen MR) is 204 cm³/mol. The lowest BCUT2D eigenvalue weighted by atomic mass is 9.43. The van der Waals surface area contributed by atoms with E-state index in [1.165, 1.54) is 6.92 Å². The van der Waals surface area contributed by atoms with Crippen LogP contribution in [0.15, 0.2) is 12.2 Å². The second kappa shape index (κ2) is 16.0. The Hall–Kier alpha value is -0.900. The molecule has 9 aliphatic rings. The van der Waals surface area contributed by atoms with Crippen molar-refractivity contribution in [2.75, 3.05) is 19.8 Å². The molecular formula is C43H68O16. The van der Waals surface area contributed by atoms with Crippen molar-refractivity contribution in [2.24, 2.45) is 46.3 Å². The maximum absolute atomic E-state index is 11.4. The summed E-state index contributed by atoms with van der Waals surface area (Å²) in [4.78, 5) is 0. The molecule has 25 atom stereocenters. The Bertz CT molecular complexity index is 1530. The summed E-state index contributed by atoms with van der Waals surface area (Å²) in [5, 5.41) is 86.3. The molecule has 16 heteroatoms. The molecular weight excluding hydrogens is 772 g/mol. The smallest absolute Gasteiger partial charge is 0.187 e. The summed E-state index contributed by atoms with van der Waals surface area (Å²) in [7, 11) is 0. The molecule has 4 saturated carbocycles. The molecule has 0 bridgehead atoms. The highest BCUT2D eigenvalue weighted by molar-refractivity contribution is 5.17. The number of aliphatic hydroxyl groups excluding tert-OH is 8. The van der Waals surface area contributed by atoms with E-state index in [9.17, 15) is 40.9 Å². The largest absolute Gasteiger partial charge is 0.393 e. The number of hydrogen-bond donors (Lipinski definition) is 8. The topological polar surface area (TPSA) is 236 Å². The van der Waals surface area contributed by atoms with Crippen LogP contribution in [-0.4, -0.2) is 165 Å². The molecule has 0 aromatic heterocycles. The van der Waals surface area contributed by atoms with Crippen molar-refractivity contribution >= 4 is 0 Å². The van der Waals surface area contributed by atoms with Crippen LogP contribution < -0.4 is 0 Å². The first-order valence-corrected chi connectivity index (χ1v) is 22.2. The lowest BCUT2D eigenvalue weighted by Gasteiger charge is -2.63. The van der Waals surface area contributed by atoms with Gasteiger partial charge in [-0.05, 0) is 92.3 Å². The van der Waals surface area contributed by atoms with Crippen molar-refractivity contribution in [1.29, 1.82) is 0 Å². The Balaban J connectivity index is 0.988. The highest BCUT2D eigenvalue weighted by Crippen LogP contribution is 2.71. The molecule has 0 radical (unpaired) electrons. The number of ether oxygens (including phenoxy) is 8. The third-order valence-electron chi connectivity index (χ3n) is 17.3. The molecule has 5 saturated heterocycles. The van der Waals surface area contributed by atoms with Gasteiger partial charge in [-0.25, -0.2) is 0 Å². The minimum atomic E-state index is -1.71. The van der Waals surface area contributed by atoms with Crippen LogP contribution in [0.1, 0.15) is 85.5 Å². The average molecular weight is 841 g/mol. The third kappa shape index (κ3) is 7.02. The van der Waals surface area contributed by atoms with E-state index in [0.29, 0.717) is 37.2 Å². The lowest BCUT2D eigenvalue weighted by molar-refractivity contribution is -0.385. The first-order chi connectivity index (χ1) is 28.0. The van der Waals surface area contributed by atoms with E-state index in [1.807, 2.05) is 0 Å². The summed E-state index contributed by atoms with van der Waals surface area (Å²) in [6.45, 7) is 12.7. The Kier molecular flexibility index (Phi) is 11.7. The van der Waals surface area contributed by atoms with Crippen LogP contribution in [0, 0.1) is 46.3 Å². The van der Waals surface area contributed by atoms with Crippen molar-refractivity contribution in [2.45, 2.75) is 189 Å². The zero-order valence-corrected chi connectivity index (χ0v) is 34.7. The van der Waals surface area contributed by atoms with Crippen molar-refractivity contribution < 1.29 is 78.7 Å². The molecule has 1 spiro atoms. The number of hydrogen-bond acceptors (Lipinski definition) is 16. The van der Waals surface area contributed by atoms with Gasteiger partial charge in [-0.3, -0.25) is 0 Å². The molecule has 336 valence electrons. The molecule has 5 aliphatic heterocycles. The standard InChI is InChI=1S/C43H68O16/c1-18-8-11-43(54-15-18)19(2)30-28(59-43)14-25-23-7-6-21-12-22(44)13-29(42(21,5)24(23)9-10-41(25,30)4)56-40-37(58-39-35(51)33(49)31(47)20(3)55-39)36(27(46)17-53-40)57-38-34(50)32(48)26(45)16-52-38/h19-40,44-51H,1,6-17H2,2-5H3/t19-,20-,21-,22-,23+,24-,25-,26+,27+,28-,29+,30-,31-,32-,33+,34+,35+,36-,37+,38-,39-,40-,41-,42-,43+/m0/s1. The molecule has 0 aromatic rings. The second-order valence-electron chi connectivity index (χ2n) is 20.3. The fourth-order valence-electron chi connectivity index (χ4n) is 14.0. The maximum Gasteiger partial charge on any atom is 0.187 e. The highest BCUT2D eigenvalue weighted by atomic mass is 16.8. The highest BCUT2D eigenvalue weighted by Gasteiger charge is 2.70. The van der Waals surface area contributed by atoms with Gasteiger partial charge < -0.3 is 78.7 Å². The first kappa shape index (κ1) is 43.4. The van der Waals surface area contributed by atoms with Crippen LogP contribution in [-0.2, 0) is 37.9 Å². The van der Waals surface area contributed by atoms with E-state index in [0.717, 1.165) is 50.5 Å². The minimum Gasteiger partial charge on any atom is -0.393 e. The molecule has 9 rings (SSSR count). The SMILES string of the molecule is C=C1CC[C@@]2(OC1)O[C@H]1C[C@H]3[C@@H]4CC[C@H]5C[C@H](O)C[C@@H](O[C@@H]6OC[C@@H](O)[C@H](O[C@@H]7OC[C@@H](O)[C@H](O)[C@H]7O)[C@H]6O[C@@H]6O[C@@H](C)[C@H](O)[C@@H](O)[C@H]6O)[C@]5(C)[C@H]4CC[C@]3(C)[C@H]1[C@@H]2C. The van der Waals surface area contributed by atoms with E-state index in [1.54, 1.807) is 0 Å². The molecule has 5 heterocycles. The van der Waals surface area contributed by atoms with Gasteiger partial charge in [-0.1, -0.05) is 32.9 Å². The Morgan fingerprint density at radius 1 is 0.695 bits per heavy atom. The average Bonchev–Trinajstić information content (AvgIpc) is 3.65. The molecule has 8 N–H and O–H groups in total. The number of rotatable bonds is 6. The molecule has 0 unspecified atom stereocenters. The maximum atomic E-state index is 11.4. The Morgan fingerprint density at radius 2 is 1.41 bits per heavy atom. The monoisotopic (exact) mass is 840 g/mol. The summed E-state index contributed by atoms with van der Waals surface area (Å²) in [6, 6.07) is 0. The van der Waals surface area contributed by atoms with Gasteiger partial charge in [0.05, 0.1) is 44.2 Å². The summed E-state index contributed by atoms with van der Waals surface area (Å²) in [5.74, 6) is 1.38. The van der Waals surface area contributed by atoms with Crippen LogP contribution >= 0.6 is 0 Å². The van der Waals surface area contributed by atoms with Gasteiger partial charge in [0.15, 0.2) is 24.7 Å². The molecule has 0 aromatic carbocycles. The molecule has 4 aliphatic carbocycles. The summed E-state index contributed by atoms with van der Waals surface area (Å²) in [5.41, 5.74) is 0.812. The van der Waals surface area contributed by atoms with Crippen LogP contribution in [0.3, 0.4) is 0 Å². The van der Waals surface area contributed by atoms with E-state index in [4.69, 9.17) is 37.9 Å². The Labute approximate surface area is 346 Å². The molecule has 16 nitrogen and oxygen atoms in total. The minimum absolute atomic E-state index is 0.0812. The van der Waals surface area contributed by atoms with Crippen LogP contribution in [0.2, 0.25) is 0 Å². The fourth-order valence-corrected chi connectivity index (χ4v) is 14.0. The zero-order valence-electron chi connectivity index (χ0n) is 34.7. The lowest BCUT2D eigenvalue weighted by Crippen LogP contribution is -2.65. The molecule has 59 heavy (non-hydrogen) atoms. The van der Waals surface area contributed by atoms with Gasteiger partial charge in [-0.15, -0.1) is 0 Å². The number of fused-ring (bicyclic) bond motifs is 7. The van der Waals surface area contributed by atoms with Crippen LogP contribution in [0.5, 0.6) is 0 Å². The predicted octanol–water partition coefficient (Wildman–Crippen LogP) is 0.463. The van der Waals surface area contributed by atoms with Crippen molar-refractivity contribution in [1.82, 2.24) is 0 Å². The summed E-state index contributed by atoms with van der Waals surface area (Å²) in [6.07, 6.45) is -12.0. The van der Waals surface area contributed by atoms with Gasteiger partial charge in [-0.2, -0.15) is 0 Å².